The molecule has 3 rings (SSSR count). The molecule has 0 aliphatic carbocycles. The number of piperidine rings is 1. The lowest BCUT2D eigenvalue weighted by molar-refractivity contribution is 0.232. The van der Waals surface area contributed by atoms with Crippen LogP contribution in [-0.2, 0) is 10.0 Å². The molecule has 0 bridgehead atoms. The van der Waals surface area contributed by atoms with Crippen molar-refractivity contribution in [2.24, 2.45) is 5.41 Å². The third kappa shape index (κ3) is 4.30. The van der Waals surface area contributed by atoms with Gasteiger partial charge in [-0.05, 0) is 49.5 Å². The van der Waals surface area contributed by atoms with Crippen LogP contribution in [0.15, 0.2) is 32.7 Å². The van der Waals surface area contributed by atoms with Crippen molar-refractivity contribution in [3.8, 4) is 0 Å². The first-order valence-corrected chi connectivity index (χ1v) is 9.24. The van der Waals surface area contributed by atoms with Gasteiger partial charge in [0.05, 0.1) is 15.8 Å². The van der Waals surface area contributed by atoms with Crippen LogP contribution >= 0.6 is 12.4 Å². The van der Waals surface area contributed by atoms with Gasteiger partial charge in [-0.15, -0.1) is 12.4 Å². The Labute approximate surface area is 150 Å². The van der Waals surface area contributed by atoms with E-state index in [0.717, 1.165) is 25.9 Å². The maximum atomic E-state index is 12.5. The second-order valence-corrected chi connectivity index (χ2v) is 8.27. The number of hydrogen-bond acceptors (Lipinski definition) is 5. The van der Waals surface area contributed by atoms with Crippen molar-refractivity contribution >= 4 is 33.3 Å². The van der Waals surface area contributed by atoms with Crippen molar-refractivity contribution in [3.05, 3.63) is 39.0 Å². The van der Waals surface area contributed by atoms with Crippen molar-refractivity contribution in [1.29, 1.82) is 0 Å². The number of nitrogens with one attached hydrogen (secondary N) is 4. The highest BCUT2D eigenvalue weighted by Gasteiger charge is 2.28. The van der Waals surface area contributed by atoms with Crippen LogP contribution in [0.5, 0.6) is 0 Å². The van der Waals surface area contributed by atoms with Crippen LogP contribution in [0.4, 0.5) is 0 Å². The van der Waals surface area contributed by atoms with E-state index in [9.17, 15) is 18.0 Å². The summed E-state index contributed by atoms with van der Waals surface area (Å²) < 4.78 is 27.7. The van der Waals surface area contributed by atoms with Gasteiger partial charge >= 0.3 is 5.69 Å². The summed E-state index contributed by atoms with van der Waals surface area (Å²) in [6, 6.07) is 4.08. The average molecular weight is 389 g/mol. The van der Waals surface area contributed by atoms with Gasteiger partial charge in [-0.3, -0.25) is 9.78 Å². The number of H-pyrrole nitrogens is 2. The van der Waals surface area contributed by atoms with Crippen LogP contribution in [0.1, 0.15) is 19.8 Å². The molecule has 2 heterocycles. The zero-order chi connectivity index (χ0) is 17.4. The molecule has 138 valence electrons. The van der Waals surface area contributed by atoms with Gasteiger partial charge in [0.25, 0.3) is 5.56 Å². The summed E-state index contributed by atoms with van der Waals surface area (Å²) in [5, 5.41) is 3.39. The highest BCUT2D eigenvalue weighted by atomic mass is 35.5. The van der Waals surface area contributed by atoms with Crippen molar-refractivity contribution < 1.29 is 8.42 Å². The van der Waals surface area contributed by atoms with Gasteiger partial charge in [0.1, 0.15) is 0 Å². The zero-order valence-corrected chi connectivity index (χ0v) is 15.4. The van der Waals surface area contributed by atoms with Crippen molar-refractivity contribution in [3.63, 3.8) is 0 Å². The molecule has 1 aliphatic heterocycles. The fraction of sp³-hybridized carbons (Fsp3) is 0.467. The maximum Gasteiger partial charge on any atom is 0.326 e. The van der Waals surface area contributed by atoms with Gasteiger partial charge < -0.3 is 10.3 Å². The van der Waals surface area contributed by atoms with E-state index in [1.165, 1.54) is 18.2 Å². The third-order valence-corrected chi connectivity index (χ3v) is 5.92. The van der Waals surface area contributed by atoms with E-state index < -0.39 is 21.3 Å². The Morgan fingerprint density at radius 1 is 1.16 bits per heavy atom. The minimum absolute atomic E-state index is 0. The molecule has 0 radical (unpaired) electrons. The lowest BCUT2D eigenvalue weighted by atomic mass is 9.81. The van der Waals surface area contributed by atoms with E-state index >= 15 is 0 Å². The Kier molecular flexibility index (Phi) is 5.72. The summed E-state index contributed by atoms with van der Waals surface area (Å²) in [4.78, 5) is 27.7. The molecule has 1 aromatic carbocycles. The zero-order valence-electron chi connectivity index (χ0n) is 13.7. The normalized spacial score (nSPS) is 17.2. The van der Waals surface area contributed by atoms with Crippen LogP contribution < -0.4 is 21.3 Å². The first-order valence-electron chi connectivity index (χ1n) is 7.76. The number of benzene rings is 1. The Morgan fingerprint density at radius 2 is 1.84 bits per heavy atom. The quantitative estimate of drug-likeness (QED) is 0.600. The Bertz CT molecular complexity index is 977. The fourth-order valence-corrected chi connectivity index (χ4v) is 4.10. The monoisotopic (exact) mass is 388 g/mol. The number of hydrogen-bond donors (Lipinski definition) is 4. The second-order valence-electron chi connectivity index (χ2n) is 6.50. The summed E-state index contributed by atoms with van der Waals surface area (Å²) in [6.07, 6.45) is 1.79. The van der Waals surface area contributed by atoms with Gasteiger partial charge in [-0.1, -0.05) is 6.92 Å². The van der Waals surface area contributed by atoms with Crippen LogP contribution in [0.3, 0.4) is 0 Å². The highest BCUT2D eigenvalue weighted by Crippen LogP contribution is 2.27. The molecule has 10 heteroatoms. The lowest BCUT2D eigenvalue weighted by Gasteiger charge is -2.34. The summed E-state index contributed by atoms with van der Waals surface area (Å²) in [7, 11) is -3.73. The van der Waals surface area contributed by atoms with Gasteiger partial charge in [0.2, 0.25) is 10.0 Å². The van der Waals surface area contributed by atoms with Crippen LogP contribution in [0.25, 0.3) is 10.9 Å². The summed E-state index contributed by atoms with van der Waals surface area (Å²) in [6.45, 7) is 4.15. The van der Waals surface area contributed by atoms with E-state index in [0.29, 0.717) is 12.1 Å². The van der Waals surface area contributed by atoms with E-state index in [2.05, 4.69) is 26.9 Å². The molecule has 2 aromatic rings. The van der Waals surface area contributed by atoms with Crippen LogP contribution in [-0.4, -0.2) is 38.0 Å². The third-order valence-electron chi connectivity index (χ3n) is 4.52. The van der Waals surface area contributed by atoms with E-state index in [1.54, 1.807) is 0 Å². The predicted molar refractivity (Wildman–Crippen MR) is 97.8 cm³/mol. The first-order chi connectivity index (χ1) is 11.3. The standard InChI is InChI=1S/C15H20N4O4S.ClH/c1-15(4-6-16-7-5-15)9-17-24(22,23)10-2-3-12-11(8-10)13(20)19-14(21)18-12;/h2-3,8,16-17H,4-7,9H2,1H3,(H2,18,19,20,21);1H. The van der Waals surface area contributed by atoms with E-state index in [4.69, 9.17) is 0 Å². The molecule has 1 aromatic heterocycles. The van der Waals surface area contributed by atoms with Gasteiger partial charge in [0, 0.05) is 6.54 Å². The smallest absolute Gasteiger partial charge is 0.317 e. The fourth-order valence-electron chi connectivity index (χ4n) is 2.87. The Balaban J connectivity index is 0.00000225. The SMILES string of the molecule is CC1(CNS(=O)(=O)c2ccc3[nH]c(=O)[nH]c(=O)c3c2)CCNCC1.Cl. The molecule has 0 spiro atoms. The first kappa shape index (κ1) is 19.6. The molecule has 1 aliphatic rings. The summed E-state index contributed by atoms with van der Waals surface area (Å²) in [5.41, 5.74) is -1.03. The molecule has 25 heavy (non-hydrogen) atoms. The van der Waals surface area contributed by atoms with Gasteiger partial charge in [-0.2, -0.15) is 0 Å². The minimum atomic E-state index is -3.73. The molecule has 0 unspecified atom stereocenters. The van der Waals surface area contributed by atoms with Crippen molar-refractivity contribution in [1.82, 2.24) is 20.0 Å². The number of aromatic nitrogens is 2. The molecule has 4 N–H and O–H groups in total. The summed E-state index contributed by atoms with van der Waals surface area (Å²) >= 11 is 0. The highest BCUT2D eigenvalue weighted by molar-refractivity contribution is 7.89. The maximum absolute atomic E-state index is 12.5. The van der Waals surface area contributed by atoms with Crippen molar-refractivity contribution in [2.45, 2.75) is 24.7 Å². The largest absolute Gasteiger partial charge is 0.326 e. The number of sulfonamides is 1. The second kappa shape index (κ2) is 7.28. The number of halogens is 1. The average Bonchev–Trinajstić information content (AvgIpc) is 2.53. The summed E-state index contributed by atoms with van der Waals surface area (Å²) in [5.74, 6) is 0. The van der Waals surface area contributed by atoms with Crippen LogP contribution in [0, 0.1) is 5.41 Å². The number of fused-ring (bicyclic) bond motifs is 1. The number of rotatable bonds is 4. The molecule has 0 amide bonds. The molecular formula is C15H21ClN4O4S. The van der Waals surface area contributed by atoms with Crippen LogP contribution in [0.2, 0.25) is 0 Å². The topological polar surface area (TPSA) is 124 Å². The lowest BCUT2D eigenvalue weighted by Crippen LogP contribution is -2.42. The minimum Gasteiger partial charge on any atom is -0.317 e. The molecule has 0 atom stereocenters. The van der Waals surface area contributed by atoms with Gasteiger partial charge in [-0.25, -0.2) is 17.9 Å². The Hall–Kier alpha value is -1.68. The van der Waals surface area contributed by atoms with E-state index in [1.807, 2.05) is 0 Å². The predicted octanol–water partition coefficient (Wildman–Crippen LogP) is 0.306. The van der Waals surface area contributed by atoms with Gasteiger partial charge in [0.15, 0.2) is 0 Å². The van der Waals surface area contributed by atoms with Crippen molar-refractivity contribution in [2.75, 3.05) is 19.6 Å². The molecule has 8 nitrogen and oxygen atoms in total. The molecular weight excluding hydrogens is 368 g/mol. The molecule has 0 saturated carbocycles. The Morgan fingerprint density at radius 3 is 2.52 bits per heavy atom. The van der Waals surface area contributed by atoms with E-state index in [-0.39, 0.29) is 28.1 Å². The number of aromatic amines is 2. The molecule has 1 saturated heterocycles. The molecule has 1 fully saturated rings.